The predicted octanol–water partition coefficient (Wildman–Crippen LogP) is 5.33. The summed E-state index contributed by atoms with van der Waals surface area (Å²) < 4.78 is 6.60. The molecule has 3 heterocycles. The molecule has 166 valence electrons. The summed E-state index contributed by atoms with van der Waals surface area (Å²) in [5, 5.41) is 4.84. The SMILES string of the molecule is O=c1[nH]c(-c2ccc(CNCCN3CCCCC3)cc2Cl)nc2c1oc1ccc(Br)cc12. The van der Waals surface area contributed by atoms with E-state index in [4.69, 9.17) is 16.0 Å². The number of fused-ring (bicyclic) bond motifs is 3. The van der Waals surface area contributed by atoms with Crippen LogP contribution in [0.5, 0.6) is 0 Å². The van der Waals surface area contributed by atoms with Crippen LogP contribution in [0.4, 0.5) is 0 Å². The molecule has 1 saturated heterocycles. The molecule has 5 rings (SSSR count). The third-order valence-electron chi connectivity index (χ3n) is 5.96. The molecular formula is C24H24BrClN4O2. The zero-order chi connectivity index (χ0) is 22.1. The van der Waals surface area contributed by atoms with Crippen molar-refractivity contribution >= 4 is 49.6 Å². The van der Waals surface area contributed by atoms with Crippen LogP contribution in [-0.4, -0.2) is 41.0 Å². The maximum Gasteiger partial charge on any atom is 0.294 e. The van der Waals surface area contributed by atoms with Crippen molar-refractivity contribution < 1.29 is 4.42 Å². The Bertz CT molecular complexity index is 1330. The van der Waals surface area contributed by atoms with E-state index < -0.39 is 0 Å². The van der Waals surface area contributed by atoms with Gasteiger partial charge in [-0.2, -0.15) is 0 Å². The molecule has 0 amide bonds. The number of benzene rings is 2. The molecule has 8 heteroatoms. The van der Waals surface area contributed by atoms with Gasteiger partial charge < -0.3 is 19.6 Å². The van der Waals surface area contributed by atoms with Crippen molar-refractivity contribution in [2.24, 2.45) is 0 Å². The first kappa shape index (κ1) is 21.6. The van der Waals surface area contributed by atoms with E-state index in [1.807, 2.05) is 36.4 Å². The Morgan fingerprint density at radius 1 is 1.16 bits per heavy atom. The number of aromatic amines is 1. The highest BCUT2D eigenvalue weighted by Crippen LogP contribution is 2.31. The van der Waals surface area contributed by atoms with Crippen LogP contribution in [0.2, 0.25) is 5.02 Å². The summed E-state index contributed by atoms with van der Waals surface area (Å²) in [5.74, 6) is 0.430. The Kier molecular flexibility index (Phi) is 6.33. The van der Waals surface area contributed by atoms with Crippen LogP contribution in [-0.2, 0) is 6.54 Å². The minimum Gasteiger partial charge on any atom is -0.449 e. The minimum atomic E-state index is -0.322. The summed E-state index contributed by atoms with van der Waals surface area (Å²) in [5.41, 5.74) is 2.82. The summed E-state index contributed by atoms with van der Waals surface area (Å²) in [6.45, 7) is 5.19. The van der Waals surface area contributed by atoms with Gasteiger partial charge in [0.1, 0.15) is 16.9 Å². The number of rotatable bonds is 6. The normalized spacial score (nSPS) is 15.1. The molecular weight excluding hydrogens is 492 g/mol. The van der Waals surface area contributed by atoms with E-state index in [-0.39, 0.29) is 11.1 Å². The highest BCUT2D eigenvalue weighted by Gasteiger charge is 2.16. The lowest BCUT2D eigenvalue weighted by atomic mass is 10.1. The molecule has 1 fully saturated rings. The number of aromatic nitrogens is 2. The Balaban J connectivity index is 1.35. The molecule has 32 heavy (non-hydrogen) atoms. The number of nitrogens with zero attached hydrogens (tertiary/aromatic N) is 2. The van der Waals surface area contributed by atoms with Gasteiger partial charge in [-0.05, 0) is 61.8 Å². The van der Waals surface area contributed by atoms with Crippen LogP contribution in [0.3, 0.4) is 0 Å². The molecule has 0 aliphatic carbocycles. The van der Waals surface area contributed by atoms with Crippen LogP contribution in [0.25, 0.3) is 33.5 Å². The number of hydrogen-bond donors (Lipinski definition) is 2. The lowest BCUT2D eigenvalue weighted by Crippen LogP contribution is -2.35. The first-order valence-electron chi connectivity index (χ1n) is 10.9. The summed E-state index contributed by atoms with van der Waals surface area (Å²) >= 11 is 10.1. The molecule has 0 radical (unpaired) electrons. The second kappa shape index (κ2) is 9.35. The average Bonchev–Trinajstić information content (AvgIpc) is 3.16. The van der Waals surface area contributed by atoms with Crippen molar-refractivity contribution in [1.29, 1.82) is 0 Å². The standard InChI is InChI=1S/C24H24BrClN4O2/c25-16-5-7-20-18(13-16)21-22(32-20)24(31)29-23(28-21)17-6-4-15(12-19(17)26)14-27-8-11-30-9-2-1-3-10-30/h4-7,12-13,27H,1-3,8-11,14H2,(H,28,29,31). The number of furan rings is 1. The van der Waals surface area contributed by atoms with E-state index in [1.165, 1.54) is 32.4 Å². The summed E-state index contributed by atoms with van der Waals surface area (Å²) in [6, 6.07) is 11.4. The maximum absolute atomic E-state index is 12.7. The van der Waals surface area contributed by atoms with Crippen molar-refractivity contribution in [2.75, 3.05) is 26.2 Å². The lowest BCUT2D eigenvalue weighted by molar-refractivity contribution is 0.229. The molecule has 2 aromatic heterocycles. The van der Waals surface area contributed by atoms with E-state index in [9.17, 15) is 4.79 Å². The predicted molar refractivity (Wildman–Crippen MR) is 132 cm³/mol. The number of H-pyrrole nitrogens is 1. The zero-order valence-electron chi connectivity index (χ0n) is 17.6. The van der Waals surface area contributed by atoms with Crippen LogP contribution in [0, 0.1) is 0 Å². The largest absolute Gasteiger partial charge is 0.449 e. The first-order chi connectivity index (χ1) is 15.6. The second-order valence-corrected chi connectivity index (χ2v) is 9.55. The van der Waals surface area contributed by atoms with Crippen LogP contribution >= 0.6 is 27.5 Å². The average molecular weight is 516 g/mol. The fourth-order valence-electron chi connectivity index (χ4n) is 4.27. The van der Waals surface area contributed by atoms with Gasteiger partial charge in [-0.3, -0.25) is 4.79 Å². The Morgan fingerprint density at radius 3 is 2.81 bits per heavy atom. The van der Waals surface area contributed by atoms with E-state index in [0.717, 1.165) is 35.1 Å². The van der Waals surface area contributed by atoms with Gasteiger partial charge in [0.15, 0.2) is 0 Å². The number of hydrogen-bond acceptors (Lipinski definition) is 5. The Morgan fingerprint density at radius 2 is 2.00 bits per heavy atom. The quantitative estimate of drug-likeness (QED) is 0.340. The molecule has 0 saturated carbocycles. The van der Waals surface area contributed by atoms with Crippen molar-refractivity contribution in [2.45, 2.75) is 25.8 Å². The maximum atomic E-state index is 12.7. The van der Waals surface area contributed by atoms with Gasteiger partial charge in [-0.1, -0.05) is 40.0 Å². The van der Waals surface area contributed by atoms with Crippen molar-refractivity contribution in [3.8, 4) is 11.4 Å². The molecule has 1 aliphatic rings. The highest BCUT2D eigenvalue weighted by atomic mass is 79.9. The molecule has 1 aliphatic heterocycles. The molecule has 2 aromatic carbocycles. The van der Waals surface area contributed by atoms with Crippen molar-refractivity contribution in [3.05, 3.63) is 61.8 Å². The molecule has 0 bridgehead atoms. The van der Waals surface area contributed by atoms with Gasteiger partial charge in [0.05, 0.1) is 5.02 Å². The summed E-state index contributed by atoms with van der Waals surface area (Å²) in [6.07, 6.45) is 3.98. The third kappa shape index (κ3) is 4.48. The Hall–Kier alpha value is -2.19. The smallest absolute Gasteiger partial charge is 0.294 e. The zero-order valence-corrected chi connectivity index (χ0v) is 19.9. The fraction of sp³-hybridized carbons (Fsp3) is 0.333. The molecule has 0 spiro atoms. The molecule has 0 unspecified atom stereocenters. The van der Waals surface area contributed by atoms with Gasteiger partial charge in [0, 0.05) is 35.1 Å². The third-order valence-corrected chi connectivity index (χ3v) is 6.76. The van der Waals surface area contributed by atoms with Gasteiger partial charge in [0.2, 0.25) is 5.58 Å². The lowest BCUT2D eigenvalue weighted by Gasteiger charge is -2.26. The van der Waals surface area contributed by atoms with Crippen molar-refractivity contribution in [3.63, 3.8) is 0 Å². The highest BCUT2D eigenvalue weighted by molar-refractivity contribution is 9.10. The van der Waals surface area contributed by atoms with E-state index in [0.29, 0.717) is 27.5 Å². The number of piperidine rings is 1. The summed E-state index contributed by atoms with van der Waals surface area (Å²) in [4.78, 5) is 22.7. The van der Waals surface area contributed by atoms with Gasteiger partial charge >= 0.3 is 0 Å². The van der Waals surface area contributed by atoms with Crippen LogP contribution in [0.15, 0.2) is 50.1 Å². The fourth-order valence-corrected chi connectivity index (χ4v) is 4.92. The van der Waals surface area contributed by atoms with Crippen LogP contribution < -0.4 is 10.9 Å². The second-order valence-electron chi connectivity index (χ2n) is 8.23. The monoisotopic (exact) mass is 514 g/mol. The molecule has 6 nitrogen and oxygen atoms in total. The van der Waals surface area contributed by atoms with E-state index in [2.05, 4.69) is 36.1 Å². The van der Waals surface area contributed by atoms with Gasteiger partial charge in [0.25, 0.3) is 5.56 Å². The van der Waals surface area contributed by atoms with Crippen LogP contribution in [0.1, 0.15) is 24.8 Å². The number of likely N-dealkylation sites (tertiary alicyclic amines) is 1. The Labute approximate surface area is 199 Å². The van der Waals surface area contributed by atoms with Crippen molar-refractivity contribution in [1.82, 2.24) is 20.2 Å². The van der Waals surface area contributed by atoms with E-state index in [1.54, 1.807) is 0 Å². The molecule has 2 N–H and O–H groups in total. The van der Waals surface area contributed by atoms with E-state index >= 15 is 0 Å². The van der Waals surface area contributed by atoms with Gasteiger partial charge in [-0.25, -0.2) is 4.98 Å². The molecule has 0 atom stereocenters. The summed E-state index contributed by atoms with van der Waals surface area (Å²) in [7, 11) is 0. The molecule has 4 aromatic rings. The number of halogens is 2. The van der Waals surface area contributed by atoms with Gasteiger partial charge in [-0.15, -0.1) is 0 Å². The minimum absolute atomic E-state index is 0.215. The topological polar surface area (TPSA) is 74.2 Å². The first-order valence-corrected chi connectivity index (χ1v) is 12.1. The number of nitrogens with one attached hydrogen (secondary N) is 2.